The quantitative estimate of drug-likeness (QED) is 0.917. The molecule has 2 aromatic heterocycles. The van der Waals surface area contributed by atoms with Crippen molar-refractivity contribution in [2.45, 2.75) is 32.1 Å². The number of rotatable bonds is 3. The molecule has 3 heterocycles. The molecule has 7 heteroatoms. The highest BCUT2D eigenvalue weighted by Crippen LogP contribution is 2.40. The number of piperidine rings is 1. The van der Waals surface area contributed by atoms with E-state index in [-0.39, 0.29) is 17.4 Å². The third-order valence-electron chi connectivity index (χ3n) is 5.22. The summed E-state index contributed by atoms with van der Waals surface area (Å²) < 4.78 is 0. The number of likely N-dealkylation sites (tertiary alicyclic amines) is 1. The predicted molar refractivity (Wildman–Crippen MR) is 91.7 cm³/mol. The van der Waals surface area contributed by atoms with Gasteiger partial charge in [0.2, 0.25) is 5.91 Å². The summed E-state index contributed by atoms with van der Waals surface area (Å²) in [5.74, 6) is 1.70. The number of aromatic amines is 1. The van der Waals surface area contributed by atoms with E-state index in [1.165, 1.54) is 0 Å². The van der Waals surface area contributed by atoms with Gasteiger partial charge in [0.1, 0.15) is 5.69 Å². The van der Waals surface area contributed by atoms with E-state index in [4.69, 9.17) is 0 Å². The average molecular weight is 339 g/mol. The Balaban J connectivity index is 1.49. The Morgan fingerprint density at radius 1 is 1.28 bits per heavy atom. The van der Waals surface area contributed by atoms with Crippen molar-refractivity contribution >= 4 is 5.91 Å². The number of hydrogen-bond acceptors (Lipinski definition) is 5. The highest BCUT2D eigenvalue weighted by molar-refractivity contribution is 5.81. The van der Waals surface area contributed by atoms with Crippen molar-refractivity contribution in [3.05, 3.63) is 40.7 Å². The molecule has 130 valence electrons. The first-order chi connectivity index (χ1) is 12.1. The normalized spacial score (nSPS) is 23.5. The van der Waals surface area contributed by atoms with Crippen LogP contribution in [0.5, 0.6) is 0 Å². The van der Waals surface area contributed by atoms with E-state index in [0.717, 1.165) is 38.0 Å². The molecule has 1 saturated heterocycles. The molecule has 0 bridgehead atoms. The minimum atomic E-state index is -0.184. The maximum atomic E-state index is 12.3. The second-order valence-electron chi connectivity index (χ2n) is 7.03. The summed E-state index contributed by atoms with van der Waals surface area (Å²) >= 11 is 0. The second-order valence-corrected chi connectivity index (χ2v) is 7.03. The monoisotopic (exact) mass is 339 g/mol. The van der Waals surface area contributed by atoms with Crippen molar-refractivity contribution in [3.63, 3.8) is 0 Å². The van der Waals surface area contributed by atoms with Gasteiger partial charge < -0.3 is 9.88 Å². The summed E-state index contributed by atoms with van der Waals surface area (Å²) in [6.45, 7) is 3.60. The number of amides is 1. The van der Waals surface area contributed by atoms with E-state index in [0.29, 0.717) is 23.3 Å². The largest absolute Gasteiger partial charge is 0.342 e. The van der Waals surface area contributed by atoms with Crippen LogP contribution in [0.15, 0.2) is 29.5 Å². The van der Waals surface area contributed by atoms with Gasteiger partial charge in [-0.15, -0.1) is 0 Å². The number of carbonyl (C=O) groups excluding carboxylic acids is 1. The lowest BCUT2D eigenvalue weighted by molar-refractivity contribution is -0.133. The number of H-pyrrole nitrogens is 1. The Labute approximate surface area is 145 Å². The van der Waals surface area contributed by atoms with Crippen molar-refractivity contribution in [1.29, 1.82) is 0 Å². The van der Waals surface area contributed by atoms with Crippen molar-refractivity contribution in [2.75, 3.05) is 13.1 Å². The Bertz CT molecular complexity index is 827. The van der Waals surface area contributed by atoms with Crippen LogP contribution < -0.4 is 5.56 Å². The summed E-state index contributed by atoms with van der Waals surface area (Å²) in [4.78, 5) is 41.9. The molecular formula is C18H21N5O2. The first-order valence-corrected chi connectivity index (χ1v) is 8.78. The minimum Gasteiger partial charge on any atom is -0.342 e. The number of nitrogens with zero attached hydrogens (tertiary/aromatic N) is 4. The summed E-state index contributed by atoms with van der Waals surface area (Å²) in [5, 5.41) is 0. The van der Waals surface area contributed by atoms with Gasteiger partial charge >= 0.3 is 0 Å². The van der Waals surface area contributed by atoms with Gasteiger partial charge in [0.25, 0.3) is 5.56 Å². The molecule has 1 aliphatic carbocycles. The van der Waals surface area contributed by atoms with Gasteiger partial charge in [-0.3, -0.25) is 14.6 Å². The Hall–Kier alpha value is -2.57. The highest BCUT2D eigenvalue weighted by atomic mass is 16.2. The fraction of sp³-hybridized carbons (Fsp3) is 0.500. The van der Waals surface area contributed by atoms with E-state index in [1.807, 2.05) is 4.90 Å². The fourth-order valence-corrected chi connectivity index (χ4v) is 3.52. The first-order valence-electron chi connectivity index (χ1n) is 8.78. The Kier molecular flexibility index (Phi) is 4.07. The summed E-state index contributed by atoms with van der Waals surface area (Å²) in [6.07, 6.45) is 7.44. The van der Waals surface area contributed by atoms with E-state index < -0.39 is 0 Å². The van der Waals surface area contributed by atoms with Crippen molar-refractivity contribution in [2.24, 2.45) is 11.8 Å². The molecule has 1 N–H and O–H groups in total. The van der Waals surface area contributed by atoms with Crippen LogP contribution in [0.1, 0.15) is 37.8 Å². The molecule has 2 aromatic rings. The molecule has 0 radical (unpaired) electrons. The summed E-state index contributed by atoms with van der Waals surface area (Å²) in [5.41, 5.74) is 1.14. The molecule has 2 aliphatic rings. The lowest BCUT2D eigenvalue weighted by Crippen LogP contribution is -2.39. The third-order valence-corrected chi connectivity index (χ3v) is 5.22. The number of aromatic nitrogens is 4. The van der Waals surface area contributed by atoms with E-state index in [9.17, 15) is 9.59 Å². The smallest absolute Gasteiger partial charge is 0.251 e. The van der Waals surface area contributed by atoms with Crippen LogP contribution in [-0.4, -0.2) is 43.8 Å². The molecule has 0 aromatic carbocycles. The van der Waals surface area contributed by atoms with Gasteiger partial charge in [-0.25, -0.2) is 9.97 Å². The molecule has 2 atom stereocenters. The average Bonchev–Trinajstić information content (AvgIpc) is 3.38. The van der Waals surface area contributed by atoms with Gasteiger partial charge in [-0.1, -0.05) is 6.92 Å². The molecule has 1 aliphatic heterocycles. The number of nitrogens with one attached hydrogen (secondary N) is 1. The zero-order valence-electron chi connectivity index (χ0n) is 14.2. The van der Waals surface area contributed by atoms with Crippen LogP contribution in [0, 0.1) is 11.8 Å². The van der Waals surface area contributed by atoms with Crippen LogP contribution >= 0.6 is 0 Å². The minimum absolute atomic E-state index is 0.184. The van der Waals surface area contributed by atoms with Crippen LogP contribution in [-0.2, 0) is 4.79 Å². The molecule has 7 nitrogen and oxygen atoms in total. The second kappa shape index (κ2) is 6.38. The van der Waals surface area contributed by atoms with Gasteiger partial charge in [-0.05, 0) is 25.2 Å². The van der Waals surface area contributed by atoms with E-state index in [1.54, 1.807) is 24.7 Å². The van der Waals surface area contributed by atoms with Crippen LogP contribution in [0.2, 0.25) is 0 Å². The standard InChI is InChI=1S/C18H21N5O2/c1-11-8-13(11)18(25)23-6-2-12(3-7-23)14-9-16(24)22-17(21-14)15-10-19-4-5-20-15/h4-5,9-13H,2-3,6-8H2,1H3,(H,21,22,24)/t11-,13-/m0/s1. The maximum Gasteiger partial charge on any atom is 0.251 e. The van der Waals surface area contributed by atoms with Crippen molar-refractivity contribution in [3.8, 4) is 11.5 Å². The van der Waals surface area contributed by atoms with E-state index in [2.05, 4.69) is 26.9 Å². The third kappa shape index (κ3) is 3.31. The number of hydrogen-bond donors (Lipinski definition) is 1. The van der Waals surface area contributed by atoms with Crippen LogP contribution in [0.3, 0.4) is 0 Å². The first kappa shape index (κ1) is 15.9. The Morgan fingerprint density at radius 3 is 2.68 bits per heavy atom. The van der Waals surface area contributed by atoms with Gasteiger partial charge in [0.15, 0.2) is 5.82 Å². The summed E-state index contributed by atoms with van der Waals surface area (Å²) in [6, 6.07) is 1.56. The maximum absolute atomic E-state index is 12.3. The van der Waals surface area contributed by atoms with Gasteiger partial charge in [-0.2, -0.15) is 0 Å². The zero-order chi connectivity index (χ0) is 17.4. The summed E-state index contributed by atoms with van der Waals surface area (Å²) in [7, 11) is 0. The van der Waals surface area contributed by atoms with Crippen LogP contribution in [0.25, 0.3) is 11.5 Å². The topological polar surface area (TPSA) is 91.8 Å². The molecular weight excluding hydrogens is 318 g/mol. The highest BCUT2D eigenvalue weighted by Gasteiger charge is 2.42. The molecule has 1 saturated carbocycles. The molecule has 25 heavy (non-hydrogen) atoms. The van der Waals surface area contributed by atoms with Gasteiger partial charge in [0.05, 0.1) is 11.9 Å². The van der Waals surface area contributed by atoms with Gasteiger partial charge in [0, 0.05) is 43.4 Å². The van der Waals surface area contributed by atoms with Crippen molar-refractivity contribution < 1.29 is 4.79 Å². The molecule has 2 fully saturated rings. The predicted octanol–water partition coefficient (Wildman–Crippen LogP) is 1.59. The number of carbonyl (C=O) groups is 1. The van der Waals surface area contributed by atoms with Crippen LogP contribution in [0.4, 0.5) is 0 Å². The lowest BCUT2D eigenvalue weighted by atomic mass is 9.93. The zero-order valence-corrected chi connectivity index (χ0v) is 14.2. The molecule has 4 rings (SSSR count). The molecule has 0 spiro atoms. The molecule has 0 unspecified atom stereocenters. The fourth-order valence-electron chi connectivity index (χ4n) is 3.52. The Morgan fingerprint density at radius 2 is 2.04 bits per heavy atom. The van der Waals surface area contributed by atoms with Crippen molar-refractivity contribution in [1.82, 2.24) is 24.8 Å². The molecule has 1 amide bonds. The lowest BCUT2D eigenvalue weighted by Gasteiger charge is -2.32. The van der Waals surface area contributed by atoms with E-state index >= 15 is 0 Å². The SMILES string of the molecule is C[C@H]1C[C@@H]1C(=O)N1CCC(c2cc(=O)[nH]c(-c3cnccn3)n2)CC1.